The standard InChI is InChI=1S/C38H68N4/c1-31(2)9-7-11-33(5)13-17-39-21-23-41-19-15-37-26-35-25-36(27-37)29-38(28-35,30-37)16-20-42-24-22-40-18-14-34(6)12-8-10-32(3)4/h9-10,13-14,35-36,39-42H,7-8,11-12,15-30H2,1-6H3/b33-13+,34-14+. The summed E-state index contributed by atoms with van der Waals surface area (Å²) in [6, 6.07) is 0. The van der Waals surface area contributed by atoms with E-state index in [2.05, 4.69) is 87.1 Å². The van der Waals surface area contributed by atoms with Crippen molar-refractivity contribution in [2.75, 3.05) is 52.4 Å². The Hall–Kier alpha value is -1.20. The zero-order chi connectivity index (χ0) is 30.3. The van der Waals surface area contributed by atoms with Crippen LogP contribution in [0, 0.1) is 22.7 Å². The molecular weight excluding hydrogens is 512 g/mol. The van der Waals surface area contributed by atoms with Crippen molar-refractivity contribution >= 4 is 0 Å². The second-order valence-corrected chi connectivity index (χ2v) is 15.1. The maximum absolute atomic E-state index is 3.79. The Morgan fingerprint density at radius 1 is 0.548 bits per heavy atom. The summed E-state index contributed by atoms with van der Waals surface area (Å²) in [7, 11) is 0. The first-order chi connectivity index (χ1) is 20.2. The van der Waals surface area contributed by atoms with Gasteiger partial charge >= 0.3 is 0 Å². The maximum atomic E-state index is 3.79. The highest BCUT2D eigenvalue weighted by Gasteiger charge is 2.56. The van der Waals surface area contributed by atoms with E-state index in [0.29, 0.717) is 10.8 Å². The largest absolute Gasteiger partial charge is 0.315 e. The fourth-order valence-electron chi connectivity index (χ4n) is 8.62. The molecule has 4 nitrogen and oxygen atoms in total. The summed E-state index contributed by atoms with van der Waals surface area (Å²) in [4.78, 5) is 0. The summed E-state index contributed by atoms with van der Waals surface area (Å²) in [6.07, 6.45) is 26.0. The Labute approximate surface area is 261 Å². The summed E-state index contributed by atoms with van der Waals surface area (Å²) in [5.41, 5.74) is 7.11. The monoisotopic (exact) mass is 581 g/mol. The van der Waals surface area contributed by atoms with Gasteiger partial charge in [-0.15, -0.1) is 0 Å². The molecule has 4 aliphatic rings. The van der Waals surface area contributed by atoms with Crippen LogP contribution in [0.3, 0.4) is 0 Å². The molecule has 4 saturated carbocycles. The van der Waals surface area contributed by atoms with Crippen molar-refractivity contribution < 1.29 is 0 Å². The normalized spacial score (nSPS) is 27.0. The fraction of sp³-hybridized carbons (Fsp3) is 0.789. The quantitative estimate of drug-likeness (QED) is 0.0772. The molecule has 0 heterocycles. The van der Waals surface area contributed by atoms with Crippen molar-refractivity contribution in [3.05, 3.63) is 46.6 Å². The first-order valence-corrected chi connectivity index (χ1v) is 17.6. The number of nitrogens with one attached hydrogen (secondary N) is 4. The van der Waals surface area contributed by atoms with Crippen molar-refractivity contribution in [2.24, 2.45) is 22.7 Å². The van der Waals surface area contributed by atoms with Crippen molar-refractivity contribution in [2.45, 2.75) is 119 Å². The average molecular weight is 581 g/mol. The fourth-order valence-corrected chi connectivity index (χ4v) is 8.62. The smallest absolute Gasteiger partial charge is 0.0137 e. The Morgan fingerprint density at radius 3 is 1.36 bits per heavy atom. The molecule has 0 saturated heterocycles. The molecule has 0 atom stereocenters. The van der Waals surface area contributed by atoms with Crippen LogP contribution in [0.25, 0.3) is 0 Å². The highest BCUT2D eigenvalue weighted by molar-refractivity contribution is 5.08. The number of allylic oxidation sites excluding steroid dienone is 6. The van der Waals surface area contributed by atoms with Gasteiger partial charge in [0.1, 0.15) is 0 Å². The Kier molecular flexibility index (Phi) is 15.6. The zero-order valence-electron chi connectivity index (χ0n) is 28.6. The SMILES string of the molecule is CC(C)=CCC/C(C)=C/CNCCNCCC12CC3CC(C1)CC(CCNCCNC/C=C(\C)CCC=C(C)C)(C3)C2. The van der Waals surface area contributed by atoms with Gasteiger partial charge in [0.2, 0.25) is 0 Å². The molecule has 0 aliphatic heterocycles. The van der Waals surface area contributed by atoms with E-state index in [1.165, 1.54) is 112 Å². The van der Waals surface area contributed by atoms with Gasteiger partial charge in [-0.25, -0.2) is 0 Å². The van der Waals surface area contributed by atoms with Crippen LogP contribution in [0.5, 0.6) is 0 Å². The van der Waals surface area contributed by atoms with Crippen molar-refractivity contribution in [1.29, 1.82) is 0 Å². The molecule has 0 unspecified atom stereocenters. The molecule has 4 heteroatoms. The molecule has 0 spiro atoms. The van der Waals surface area contributed by atoms with Crippen LogP contribution in [-0.2, 0) is 0 Å². The van der Waals surface area contributed by atoms with E-state index in [4.69, 9.17) is 0 Å². The van der Waals surface area contributed by atoms with E-state index < -0.39 is 0 Å². The van der Waals surface area contributed by atoms with Crippen molar-refractivity contribution in [1.82, 2.24) is 21.3 Å². The van der Waals surface area contributed by atoms with Gasteiger partial charge in [-0.2, -0.15) is 0 Å². The summed E-state index contributed by atoms with van der Waals surface area (Å²) in [6.45, 7) is 21.9. The molecule has 0 aromatic carbocycles. The second-order valence-electron chi connectivity index (χ2n) is 15.1. The predicted octanol–water partition coefficient (Wildman–Crippen LogP) is 8.10. The Morgan fingerprint density at radius 2 is 0.952 bits per heavy atom. The van der Waals surface area contributed by atoms with E-state index in [1.807, 2.05) is 0 Å². The Balaban J connectivity index is 1.26. The molecule has 0 amide bonds. The molecule has 0 aromatic heterocycles. The average Bonchev–Trinajstić information content (AvgIpc) is 2.90. The minimum absolute atomic E-state index is 0.632. The van der Waals surface area contributed by atoms with Gasteiger partial charge < -0.3 is 21.3 Å². The third-order valence-corrected chi connectivity index (χ3v) is 10.3. The van der Waals surface area contributed by atoms with Crippen LogP contribution in [-0.4, -0.2) is 52.4 Å². The second kappa shape index (κ2) is 18.6. The first-order valence-electron chi connectivity index (χ1n) is 17.6. The van der Waals surface area contributed by atoms with Crippen molar-refractivity contribution in [3.63, 3.8) is 0 Å². The van der Waals surface area contributed by atoms with E-state index >= 15 is 0 Å². The van der Waals surface area contributed by atoms with Crippen LogP contribution < -0.4 is 21.3 Å². The Bertz CT molecular complexity index is 818. The summed E-state index contributed by atoms with van der Waals surface area (Å²) >= 11 is 0. The minimum atomic E-state index is 0.632. The van der Waals surface area contributed by atoms with E-state index in [9.17, 15) is 0 Å². The predicted molar refractivity (Wildman–Crippen MR) is 185 cm³/mol. The maximum Gasteiger partial charge on any atom is 0.0137 e. The van der Waals surface area contributed by atoms with Gasteiger partial charge in [0, 0.05) is 39.3 Å². The molecular formula is C38H68N4. The van der Waals surface area contributed by atoms with Crippen molar-refractivity contribution in [3.8, 4) is 0 Å². The van der Waals surface area contributed by atoms with E-state index in [1.54, 1.807) is 0 Å². The molecule has 4 fully saturated rings. The van der Waals surface area contributed by atoms with Crippen LogP contribution in [0.15, 0.2) is 46.6 Å². The molecule has 4 aliphatic carbocycles. The number of rotatable bonds is 22. The highest BCUT2D eigenvalue weighted by Crippen LogP contribution is 2.67. The molecule has 0 aromatic rings. The van der Waals surface area contributed by atoms with Crippen LogP contribution >= 0.6 is 0 Å². The third-order valence-electron chi connectivity index (χ3n) is 10.3. The molecule has 4 rings (SSSR count). The van der Waals surface area contributed by atoms with E-state index in [-0.39, 0.29) is 0 Å². The summed E-state index contributed by atoms with van der Waals surface area (Å²) < 4.78 is 0. The molecule has 4 bridgehead atoms. The molecule has 42 heavy (non-hydrogen) atoms. The van der Waals surface area contributed by atoms with E-state index in [0.717, 1.165) is 51.1 Å². The van der Waals surface area contributed by atoms with Crippen LogP contribution in [0.1, 0.15) is 119 Å². The topological polar surface area (TPSA) is 48.1 Å². The third kappa shape index (κ3) is 13.2. The van der Waals surface area contributed by atoms with Gasteiger partial charge in [-0.3, -0.25) is 0 Å². The highest BCUT2D eigenvalue weighted by atomic mass is 14.9. The lowest BCUT2D eigenvalue weighted by molar-refractivity contribution is -0.116. The first kappa shape index (κ1) is 35.3. The number of hydrogen-bond donors (Lipinski definition) is 4. The van der Waals surface area contributed by atoms with Gasteiger partial charge in [0.05, 0.1) is 0 Å². The lowest BCUT2D eigenvalue weighted by atomic mass is 9.43. The van der Waals surface area contributed by atoms with Crippen LogP contribution in [0.2, 0.25) is 0 Å². The molecule has 4 N–H and O–H groups in total. The summed E-state index contributed by atoms with van der Waals surface area (Å²) in [5, 5.41) is 14.8. The van der Waals surface area contributed by atoms with Gasteiger partial charge in [-0.05, 0) is 154 Å². The zero-order valence-corrected chi connectivity index (χ0v) is 28.6. The minimum Gasteiger partial charge on any atom is -0.315 e. The van der Waals surface area contributed by atoms with Gasteiger partial charge in [-0.1, -0.05) is 46.6 Å². The lowest BCUT2D eigenvalue weighted by Gasteiger charge is -2.63. The number of hydrogen-bond acceptors (Lipinski definition) is 4. The van der Waals surface area contributed by atoms with Gasteiger partial charge in [0.15, 0.2) is 0 Å². The molecule has 240 valence electrons. The molecule has 0 radical (unpaired) electrons. The van der Waals surface area contributed by atoms with Crippen LogP contribution in [0.4, 0.5) is 0 Å². The lowest BCUT2D eigenvalue weighted by Crippen LogP contribution is -2.53. The van der Waals surface area contributed by atoms with Gasteiger partial charge in [0.25, 0.3) is 0 Å². The summed E-state index contributed by atoms with van der Waals surface area (Å²) in [5.74, 6) is 2.02.